The van der Waals surface area contributed by atoms with E-state index in [4.69, 9.17) is 16.9 Å². The second kappa shape index (κ2) is 5.21. The third kappa shape index (κ3) is 2.64. The molecule has 0 bridgehead atoms. The van der Waals surface area contributed by atoms with Crippen molar-refractivity contribution in [3.05, 3.63) is 58.4 Å². The van der Waals surface area contributed by atoms with Gasteiger partial charge < -0.3 is 5.32 Å². The number of nitrogens with one attached hydrogen (secondary N) is 1. The zero-order valence-electron chi connectivity index (χ0n) is 9.35. The van der Waals surface area contributed by atoms with Gasteiger partial charge in [-0.1, -0.05) is 11.6 Å². The zero-order valence-corrected chi connectivity index (χ0v) is 10.1. The lowest BCUT2D eigenvalue weighted by Gasteiger charge is -2.09. The summed E-state index contributed by atoms with van der Waals surface area (Å²) in [6.45, 7) is 0. The number of halogens is 4. The van der Waals surface area contributed by atoms with Crippen LogP contribution in [0.2, 0.25) is 5.02 Å². The number of anilines is 2. The number of benzene rings is 2. The maximum atomic E-state index is 13.6. The van der Waals surface area contributed by atoms with Crippen LogP contribution in [0.15, 0.2) is 30.3 Å². The Bertz CT molecular complexity index is 680. The molecule has 0 radical (unpaired) electrons. The molecule has 0 aliphatic heterocycles. The van der Waals surface area contributed by atoms with Gasteiger partial charge in [0.05, 0.1) is 16.9 Å². The molecule has 2 nitrogen and oxygen atoms in total. The Hall–Kier alpha value is -2.19. The molecule has 96 valence electrons. The molecule has 0 aliphatic carbocycles. The summed E-state index contributed by atoms with van der Waals surface area (Å²) >= 11 is 5.58. The van der Waals surface area contributed by atoms with Crippen LogP contribution in [-0.4, -0.2) is 0 Å². The number of hydrogen-bond donors (Lipinski definition) is 1. The minimum absolute atomic E-state index is 0.0487. The van der Waals surface area contributed by atoms with Crippen LogP contribution in [0.5, 0.6) is 0 Å². The monoisotopic (exact) mass is 282 g/mol. The van der Waals surface area contributed by atoms with Gasteiger partial charge in [-0.3, -0.25) is 0 Å². The van der Waals surface area contributed by atoms with Gasteiger partial charge in [0.1, 0.15) is 11.9 Å². The number of rotatable bonds is 2. The van der Waals surface area contributed by atoms with Crippen molar-refractivity contribution in [3.63, 3.8) is 0 Å². The second-order valence-electron chi connectivity index (χ2n) is 3.65. The first-order valence-electron chi connectivity index (χ1n) is 5.13. The predicted octanol–water partition coefficient (Wildman–Crippen LogP) is 4.37. The third-order valence-electron chi connectivity index (χ3n) is 2.40. The van der Waals surface area contributed by atoms with Crippen molar-refractivity contribution in [2.75, 3.05) is 5.32 Å². The quantitative estimate of drug-likeness (QED) is 0.887. The summed E-state index contributed by atoms with van der Waals surface area (Å²) in [6.07, 6.45) is 0. The van der Waals surface area contributed by atoms with E-state index in [0.29, 0.717) is 0 Å². The Morgan fingerprint density at radius 3 is 2.32 bits per heavy atom. The highest BCUT2D eigenvalue weighted by Crippen LogP contribution is 2.26. The van der Waals surface area contributed by atoms with Gasteiger partial charge in [-0.05, 0) is 30.3 Å². The van der Waals surface area contributed by atoms with Gasteiger partial charge in [0.25, 0.3) is 0 Å². The third-order valence-corrected chi connectivity index (χ3v) is 2.64. The van der Waals surface area contributed by atoms with E-state index in [1.165, 1.54) is 18.2 Å². The molecule has 0 aliphatic rings. The summed E-state index contributed by atoms with van der Waals surface area (Å²) in [5.74, 6) is -3.22. The summed E-state index contributed by atoms with van der Waals surface area (Å²) in [5, 5.41) is 11.1. The number of nitriles is 1. The van der Waals surface area contributed by atoms with E-state index in [2.05, 4.69) is 5.32 Å². The number of hydrogen-bond acceptors (Lipinski definition) is 2. The lowest BCUT2D eigenvalue weighted by atomic mass is 10.2. The highest BCUT2D eigenvalue weighted by molar-refractivity contribution is 6.30. The zero-order chi connectivity index (χ0) is 14.0. The van der Waals surface area contributed by atoms with E-state index >= 15 is 0 Å². The molecule has 1 N–H and O–H groups in total. The van der Waals surface area contributed by atoms with Crippen molar-refractivity contribution in [3.8, 4) is 6.07 Å². The molecule has 0 heterocycles. The van der Waals surface area contributed by atoms with Crippen molar-refractivity contribution >= 4 is 23.0 Å². The van der Waals surface area contributed by atoms with Crippen LogP contribution in [0.1, 0.15) is 5.56 Å². The Morgan fingerprint density at radius 2 is 1.68 bits per heavy atom. The van der Waals surface area contributed by atoms with Crippen LogP contribution in [0.3, 0.4) is 0 Å². The molecule has 0 fully saturated rings. The van der Waals surface area contributed by atoms with Crippen molar-refractivity contribution in [1.29, 1.82) is 5.26 Å². The summed E-state index contributed by atoms with van der Waals surface area (Å²) < 4.78 is 40.5. The summed E-state index contributed by atoms with van der Waals surface area (Å²) in [6, 6.07) is 7.53. The molecule has 0 atom stereocenters. The largest absolute Gasteiger partial charge is 0.351 e. The molecule has 2 aromatic carbocycles. The normalized spacial score (nSPS) is 10.1. The van der Waals surface area contributed by atoms with Crippen molar-refractivity contribution in [2.45, 2.75) is 0 Å². The van der Waals surface area contributed by atoms with Gasteiger partial charge >= 0.3 is 0 Å². The molecule has 0 unspecified atom stereocenters. The molecule has 0 spiro atoms. The summed E-state index contributed by atoms with van der Waals surface area (Å²) in [4.78, 5) is 0. The van der Waals surface area contributed by atoms with Crippen molar-refractivity contribution < 1.29 is 13.2 Å². The lowest BCUT2D eigenvalue weighted by molar-refractivity contribution is 0.509. The standard InChI is InChI=1S/C13H6ClF3N2/c14-8-2-4-10(9(15)5-8)19-11-3-1-7(6-18)12(16)13(11)17/h1-5,19H. The molecule has 19 heavy (non-hydrogen) atoms. The van der Waals surface area contributed by atoms with Crippen LogP contribution in [0.25, 0.3) is 0 Å². The SMILES string of the molecule is N#Cc1ccc(Nc2ccc(Cl)cc2F)c(F)c1F. The van der Waals surface area contributed by atoms with Crippen LogP contribution >= 0.6 is 11.6 Å². The Balaban J connectivity index is 2.39. The van der Waals surface area contributed by atoms with Gasteiger partial charge in [-0.15, -0.1) is 0 Å². The van der Waals surface area contributed by atoms with Gasteiger partial charge in [0, 0.05) is 5.02 Å². The van der Waals surface area contributed by atoms with Gasteiger partial charge in [0.15, 0.2) is 11.6 Å². The fraction of sp³-hybridized carbons (Fsp3) is 0. The average molecular weight is 283 g/mol. The first-order chi connectivity index (χ1) is 9.02. The van der Waals surface area contributed by atoms with Crippen LogP contribution in [-0.2, 0) is 0 Å². The van der Waals surface area contributed by atoms with Gasteiger partial charge in [-0.2, -0.15) is 5.26 Å². The van der Waals surface area contributed by atoms with Crippen LogP contribution in [0, 0.1) is 28.8 Å². The molecular weight excluding hydrogens is 277 g/mol. The van der Waals surface area contributed by atoms with Crippen LogP contribution < -0.4 is 5.32 Å². The van der Waals surface area contributed by atoms with Gasteiger partial charge in [-0.25, -0.2) is 13.2 Å². The highest BCUT2D eigenvalue weighted by atomic mass is 35.5. The molecular formula is C13H6ClF3N2. The first-order valence-corrected chi connectivity index (χ1v) is 5.51. The molecule has 2 aromatic rings. The van der Waals surface area contributed by atoms with E-state index in [9.17, 15) is 13.2 Å². The van der Waals surface area contributed by atoms with E-state index in [1.54, 1.807) is 0 Å². The first kappa shape index (κ1) is 13.2. The molecule has 6 heteroatoms. The van der Waals surface area contributed by atoms with Crippen molar-refractivity contribution in [1.82, 2.24) is 0 Å². The number of nitrogens with zero attached hydrogens (tertiary/aromatic N) is 1. The topological polar surface area (TPSA) is 35.8 Å². The van der Waals surface area contributed by atoms with E-state index in [0.717, 1.165) is 18.2 Å². The van der Waals surface area contributed by atoms with E-state index in [-0.39, 0.29) is 16.4 Å². The Labute approximate surface area is 112 Å². The Kier molecular flexibility index (Phi) is 3.63. The molecule has 0 amide bonds. The van der Waals surface area contributed by atoms with Gasteiger partial charge in [0.2, 0.25) is 0 Å². The fourth-order valence-corrected chi connectivity index (χ4v) is 1.63. The summed E-state index contributed by atoms with van der Waals surface area (Å²) in [7, 11) is 0. The molecule has 0 aromatic heterocycles. The smallest absolute Gasteiger partial charge is 0.183 e. The maximum Gasteiger partial charge on any atom is 0.183 e. The van der Waals surface area contributed by atoms with E-state index in [1.807, 2.05) is 0 Å². The summed E-state index contributed by atoms with van der Waals surface area (Å²) in [5.41, 5.74) is -0.732. The predicted molar refractivity (Wildman–Crippen MR) is 65.8 cm³/mol. The van der Waals surface area contributed by atoms with E-state index < -0.39 is 23.0 Å². The average Bonchev–Trinajstić information content (AvgIpc) is 2.38. The molecule has 2 rings (SSSR count). The minimum Gasteiger partial charge on any atom is -0.351 e. The Morgan fingerprint density at radius 1 is 1.00 bits per heavy atom. The lowest BCUT2D eigenvalue weighted by Crippen LogP contribution is -2.00. The maximum absolute atomic E-state index is 13.6. The fourth-order valence-electron chi connectivity index (χ4n) is 1.47. The minimum atomic E-state index is -1.28. The van der Waals surface area contributed by atoms with Crippen LogP contribution in [0.4, 0.5) is 24.5 Å². The second-order valence-corrected chi connectivity index (χ2v) is 4.09. The highest BCUT2D eigenvalue weighted by Gasteiger charge is 2.14. The van der Waals surface area contributed by atoms with Crippen molar-refractivity contribution in [2.24, 2.45) is 0 Å². The molecule has 0 saturated carbocycles. The molecule has 0 saturated heterocycles.